The molecular formula is C20H19N3O. The smallest absolute Gasteiger partial charge is 0.227 e. The molecule has 1 aromatic heterocycles. The van der Waals surface area contributed by atoms with Crippen molar-refractivity contribution in [3.63, 3.8) is 0 Å². The van der Waals surface area contributed by atoms with Crippen molar-refractivity contribution in [2.24, 2.45) is 0 Å². The summed E-state index contributed by atoms with van der Waals surface area (Å²) in [4.78, 5) is 12.6. The third kappa shape index (κ3) is 2.83. The number of hydrogen-bond donors (Lipinski definition) is 1. The summed E-state index contributed by atoms with van der Waals surface area (Å²) < 4.78 is 1.82. The lowest BCUT2D eigenvalue weighted by molar-refractivity contribution is -0.122. The van der Waals surface area contributed by atoms with Gasteiger partial charge in [0.25, 0.3) is 0 Å². The summed E-state index contributed by atoms with van der Waals surface area (Å²) in [7, 11) is 0. The normalized spacial score (nSPS) is 15.9. The first-order valence-corrected chi connectivity index (χ1v) is 8.26. The van der Waals surface area contributed by atoms with Crippen LogP contribution in [0.25, 0.3) is 5.69 Å². The van der Waals surface area contributed by atoms with Crippen molar-refractivity contribution in [3.05, 3.63) is 83.7 Å². The summed E-state index contributed by atoms with van der Waals surface area (Å²) in [6.07, 6.45) is 5.56. The minimum atomic E-state index is -0.0181. The molecule has 0 fully saturated rings. The molecule has 0 bridgehead atoms. The van der Waals surface area contributed by atoms with Gasteiger partial charge in [0.2, 0.25) is 5.91 Å². The van der Waals surface area contributed by atoms with Gasteiger partial charge in [-0.05, 0) is 47.7 Å². The second-order valence-corrected chi connectivity index (χ2v) is 6.13. The van der Waals surface area contributed by atoms with Crippen LogP contribution in [0.4, 0.5) is 0 Å². The standard InChI is InChI=1S/C20H19N3O/c24-20(19-10-9-16-6-1-2-8-18(16)19)21-14-15-5-3-7-17(13-15)23-12-4-11-22-23/h1-8,11-13,19H,9-10,14H2,(H,21,24). The molecule has 2 aromatic carbocycles. The number of nitrogens with zero attached hydrogens (tertiary/aromatic N) is 2. The minimum absolute atomic E-state index is 0.0181. The van der Waals surface area contributed by atoms with E-state index in [1.165, 1.54) is 11.1 Å². The van der Waals surface area contributed by atoms with E-state index in [-0.39, 0.29) is 11.8 Å². The summed E-state index contributed by atoms with van der Waals surface area (Å²) in [6.45, 7) is 0.534. The van der Waals surface area contributed by atoms with E-state index in [4.69, 9.17) is 0 Å². The van der Waals surface area contributed by atoms with Crippen molar-refractivity contribution in [2.75, 3.05) is 0 Å². The van der Waals surface area contributed by atoms with Crippen LogP contribution in [0.3, 0.4) is 0 Å². The average Bonchev–Trinajstić information content (AvgIpc) is 3.29. The monoisotopic (exact) mass is 317 g/mol. The largest absolute Gasteiger partial charge is 0.351 e. The molecule has 0 spiro atoms. The Labute approximate surface area is 141 Å². The Morgan fingerprint density at radius 3 is 2.96 bits per heavy atom. The van der Waals surface area contributed by atoms with Gasteiger partial charge in [0.05, 0.1) is 11.6 Å². The lowest BCUT2D eigenvalue weighted by atomic mass is 10.0. The molecule has 120 valence electrons. The Hall–Kier alpha value is -2.88. The SMILES string of the molecule is O=C(NCc1cccc(-n2cccn2)c1)C1CCc2ccccc21. The van der Waals surface area contributed by atoms with Crippen LogP contribution in [0, 0.1) is 0 Å². The van der Waals surface area contributed by atoms with Gasteiger partial charge in [-0.25, -0.2) is 4.68 Å². The number of rotatable bonds is 4. The van der Waals surface area contributed by atoms with Gasteiger partial charge >= 0.3 is 0 Å². The maximum atomic E-state index is 12.6. The molecule has 1 N–H and O–H groups in total. The molecule has 4 nitrogen and oxygen atoms in total. The van der Waals surface area contributed by atoms with Crippen molar-refractivity contribution < 1.29 is 4.79 Å². The van der Waals surface area contributed by atoms with Crippen LogP contribution in [0.5, 0.6) is 0 Å². The molecule has 0 saturated heterocycles. The predicted octanol–water partition coefficient (Wildman–Crippen LogP) is 3.22. The molecule has 4 heteroatoms. The fraction of sp³-hybridized carbons (Fsp3) is 0.200. The molecule has 1 amide bonds. The second kappa shape index (κ2) is 6.32. The molecule has 1 atom stereocenters. The van der Waals surface area contributed by atoms with E-state index in [0.717, 1.165) is 24.1 Å². The van der Waals surface area contributed by atoms with Crippen LogP contribution in [-0.4, -0.2) is 15.7 Å². The quantitative estimate of drug-likeness (QED) is 0.803. The maximum absolute atomic E-state index is 12.6. The van der Waals surface area contributed by atoms with E-state index >= 15 is 0 Å². The molecule has 1 heterocycles. The van der Waals surface area contributed by atoms with Crippen molar-refractivity contribution >= 4 is 5.91 Å². The molecule has 24 heavy (non-hydrogen) atoms. The van der Waals surface area contributed by atoms with Crippen LogP contribution in [0.1, 0.15) is 29.0 Å². The number of amides is 1. The van der Waals surface area contributed by atoms with E-state index in [1.807, 2.05) is 47.3 Å². The van der Waals surface area contributed by atoms with E-state index < -0.39 is 0 Å². The van der Waals surface area contributed by atoms with Gasteiger partial charge in [0.1, 0.15) is 0 Å². The number of aromatic nitrogens is 2. The number of fused-ring (bicyclic) bond motifs is 1. The Balaban J connectivity index is 1.44. The molecule has 3 aromatic rings. The summed E-state index contributed by atoms with van der Waals surface area (Å²) in [6, 6.07) is 18.2. The zero-order chi connectivity index (χ0) is 16.4. The molecular weight excluding hydrogens is 298 g/mol. The summed E-state index contributed by atoms with van der Waals surface area (Å²) in [5, 5.41) is 7.33. The third-order valence-corrected chi connectivity index (χ3v) is 4.60. The number of aryl methyl sites for hydroxylation is 1. The fourth-order valence-corrected chi connectivity index (χ4v) is 3.37. The Morgan fingerprint density at radius 1 is 1.17 bits per heavy atom. The molecule has 1 aliphatic carbocycles. The van der Waals surface area contributed by atoms with E-state index in [2.05, 4.69) is 28.6 Å². The zero-order valence-electron chi connectivity index (χ0n) is 13.4. The van der Waals surface area contributed by atoms with Gasteiger partial charge < -0.3 is 5.32 Å². The van der Waals surface area contributed by atoms with Crippen LogP contribution >= 0.6 is 0 Å². The third-order valence-electron chi connectivity index (χ3n) is 4.60. The first-order chi connectivity index (χ1) is 11.8. The van der Waals surface area contributed by atoms with Gasteiger partial charge in [-0.2, -0.15) is 5.10 Å². The number of nitrogens with one attached hydrogen (secondary N) is 1. The highest BCUT2D eigenvalue weighted by atomic mass is 16.1. The lowest BCUT2D eigenvalue weighted by Crippen LogP contribution is -2.27. The Morgan fingerprint density at radius 2 is 2.08 bits per heavy atom. The Kier molecular flexibility index (Phi) is 3.87. The molecule has 0 saturated carbocycles. The number of carbonyl (C=O) groups is 1. The molecule has 1 unspecified atom stereocenters. The van der Waals surface area contributed by atoms with Crippen molar-refractivity contribution in [2.45, 2.75) is 25.3 Å². The van der Waals surface area contributed by atoms with Crippen LogP contribution in [0.2, 0.25) is 0 Å². The average molecular weight is 317 g/mol. The molecule has 1 aliphatic rings. The van der Waals surface area contributed by atoms with E-state index in [0.29, 0.717) is 6.54 Å². The van der Waals surface area contributed by atoms with Gasteiger partial charge in [-0.3, -0.25) is 4.79 Å². The van der Waals surface area contributed by atoms with Crippen LogP contribution in [-0.2, 0) is 17.8 Å². The van der Waals surface area contributed by atoms with E-state index in [1.54, 1.807) is 6.20 Å². The first kappa shape index (κ1) is 14.7. The predicted molar refractivity (Wildman–Crippen MR) is 92.9 cm³/mol. The molecule has 0 radical (unpaired) electrons. The fourth-order valence-electron chi connectivity index (χ4n) is 3.37. The topological polar surface area (TPSA) is 46.9 Å². The van der Waals surface area contributed by atoms with Crippen molar-refractivity contribution in [3.8, 4) is 5.69 Å². The van der Waals surface area contributed by atoms with E-state index in [9.17, 15) is 4.79 Å². The van der Waals surface area contributed by atoms with Crippen molar-refractivity contribution in [1.82, 2.24) is 15.1 Å². The maximum Gasteiger partial charge on any atom is 0.227 e. The summed E-state index contributed by atoms with van der Waals surface area (Å²) in [5.74, 6) is 0.0972. The van der Waals surface area contributed by atoms with Crippen LogP contribution < -0.4 is 5.32 Å². The number of carbonyl (C=O) groups excluding carboxylic acids is 1. The minimum Gasteiger partial charge on any atom is -0.351 e. The van der Waals surface area contributed by atoms with Gasteiger partial charge in [0.15, 0.2) is 0 Å². The highest BCUT2D eigenvalue weighted by Crippen LogP contribution is 2.32. The zero-order valence-corrected chi connectivity index (χ0v) is 13.4. The highest BCUT2D eigenvalue weighted by Gasteiger charge is 2.27. The van der Waals surface area contributed by atoms with Gasteiger partial charge in [0, 0.05) is 18.9 Å². The summed E-state index contributed by atoms with van der Waals surface area (Å²) >= 11 is 0. The number of hydrogen-bond acceptors (Lipinski definition) is 2. The number of benzene rings is 2. The second-order valence-electron chi connectivity index (χ2n) is 6.13. The first-order valence-electron chi connectivity index (χ1n) is 8.26. The van der Waals surface area contributed by atoms with Crippen LogP contribution in [0.15, 0.2) is 67.0 Å². The Bertz CT molecular complexity index is 855. The lowest BCUT2D eigenvalue weighted by Gasteiger charge is -2.13. The molecule has 0 aliphatic heterocycles. The molecule has 4 rings (SSSR count). The summed E-state index contributed by atoms with van der Waals surface area (Å²) in [5.41, 5.74) is 4.55. The highest BCUT2D eigenvalue weighted by molar-refractivity contribution is 5.84. The van der Waals surface area contributed by atoms with Gasteiger partial charge in [-0.1, -0.05) is 36.4 Å². The van der Waals surface area contributed by atoms with Gasteiger partial charge in [-0.15, -0.1) is 0 Å². The van der Waals surface area contributed by atoms with Crippen molar-refractivity contribution in [1.29, 1.82) is 0 Å².